The van der Waals surface area contributed by atoms with Crippen LogP contribution in [-0.2, 0) is 34.7 Å². The van der Waals surface area contributed by atoms with Crippen LogP contribution in [0.5, 0.6) is 0 Å². The monoisotopic (exact) mass is 346 g/mol. The van der Waals surface area contributed by atoms with Crippen LogP contribution < -0.4 is 0 Å². The van der Waals surface area contributed by atoms with E-state index in [0.29, 0.717) is 0 Å². The van der Waals surface area contributed by atoms with Crippen molar-refractivity contribution in [3.8, 4) is 0 Å². The lowest BCUT2D eigenvalue weighted by Gasteiger charge is -2.17. The molecule has 2 unspecified atom stereocenters. The van der Waals surface area contributed by atoms with Crippen LogP contribution >= 0.6 is 8.03 Å². The van der Waals surface area contributed by atoms with Gasteiger partial charge in [-0.2, -0.15) is 0 Å². The molecular formula is C15H20FO6P. The molecule has 0 bridgehead atoms. The second-order valence-corrected chi connectivity index (χ2v) is 6.38. The number of ether oxygens (including phenoxy) is 3. The summed E-state index contributed by atoms with van der Waals surface area (Å²) in [5.74, 6) is -0.815. The van der Waals surface area contributed by atoms with Crippen molar-refractivity contribution in [1.29, 1.82) is 0 Å². The number of benzene rings is 1. The number of carbonyl (C=O) groups is 1. The highest BCUT2D eigenvalue weighted by Gasteiger charge is 2.50. The number of hydrogen-bond acceptors (Lipinski definition) is 6. The predicted octanol–water partition coefficient (Wildman–Crippen LogP) is 1.97. The maximum Gasteiger partial charge on any atom is 0.338 e. The molecule has 23 heavy (non-hydrogen) atoms. The average Bonchev–Trinajstić information content (AvgIpc) is 2.83. The third kappa shape index (κ3) is 4.85. The Morgan fingerprint density at radius 3 is 2.65 bits per heavy atom. The van der Waals surface area contributed by atoms with Crippen molar-refractivity contribution in [2.45, 2.75) is 31.1 Å². The fourth-order valence-corrected chi connectivity index (χ4v) is 3.01. The fourth-order valence-electron chi connectivity index (χ4n) is 2.35. The Bertz CT molecular complexity index is 540. The molecule has 0 spiro atoms. The van der Waals surface area contributed by atoms with Gasteiger partial charge in [0, 0.05) is 13.8 Å². The third-order valence-corrected chi connectivity index (χ3v) is 3.98. The molecular weight excluding hydrogens is 326 g/mol. The van der Waals surface area contributed by atoms with E-state index in [0.717, 1.165) is 5.56 Å². The molecule has 1 aliphatic heterocycles. The number of hydrogen-bond donors (Lipinski definition) is 0. The van der Waals surface area contributed by atoms with Gasteiger partial charge in [-0.15, -0.1) is 0 Å². The first-order chi connectivity index (χ1) is 11.0. The molecule has 0 aromatic heterocycles. The van der Waals surface area contributed by atoms with Crippen LogP contribution in [0, 0.1) is 0 Å². The zero-order chi connectivity index (χ0) is 16.8. The maximum absolute atomic E-state index is 14.4. The van der Waals surface area contributed by atoms with Crippen molar-refractivity contribution < 1.29 is 32.5 Å². The SMILES string of the molecule is COC[C@H]1OC(C(=O)OCc2ccccc2)[C@H](F)[C@@H]1O[PH](C)=O. The highest BCUT2D eigenvalue weighted by molar-refractivity contribution is 7.38. The molecule has 2 rings (SSSR count). The second-order valence-electron chi connectivity index (χ2n) is 5.16. The van der Waals surface area contributed by atoms with E-state index in [1.54, 1.807) is 12.1 Å². The van der Waals surface area contributed by atoms with Crippen LogP contribution in [0.2, 0.25) is 0 Å². The quantitative estimate of drug-likeness (QED) is 0.555. The summed E-state index contributed by atoms with van der Waals surface area (Å²) in [6.45, 7) is 1.40. The van der Waals surface area contributed by atoms with Gasteiger partial charge >= 0.3 is 5.97 Å². The number of rotatable bonds is 7. The van der Waals surface area contributed by atoms with Crippen LogP contribution in [-0.4, -0.2) is 50.8 Å². The van der Waals surface area contributed by atoms with E-state index in [9.17, 15) is 13.8 Å². The molecule has 0 saturated carbocycles. The standard InChI is InChI=1S/C15H20FO6P/c1-19-9-11-13(22-23(2)18)12(16)14(21-11)15(17)20-8-10-6-4-3-5-7-10/h3-7,11-14,23H,8-9H2,1-2H3/t11-,12-,13-,14?/m1/s1. The molecule has 8 heteroatoms. The highest BCUT2D eigenvalue weighted by atomic mass is 31.1. The first-order valence-electron chi connectivity index (χ1n) is 7.19. The van der Waals surface area contributed by atoms with E-state index < -0.39 is 38.5 Å². The second kappa shape index (κ2) is 8.55. The Labute approximate surface area is 134 Å². The molecule has 1 heterocycles. The molecule has 6 nitrogen and oxygen atoms in total. The molecule has 0 amide bonds. The summed E-state index contributed by atoms with van der Waals surface area (Å²) in [5.41, 5.74) is 0.786. The van der Waals surface area contributed by atoms with Crippen molar-refractivity contribution in [2.75, 3.05) is 20.4 Å². The van der Waals surface area contributed by atoms with Crippen molar-refractivity contribution in [2.24, 2.45) is 0 Å². The minimum absolute atomic E-state index is 0.0249. The van der Waals surface area contributed by atoms with Gasteiger partial charge < -0.3 is 18.7 Å². The van der Waals surface area contributed by atoms with Crippen molar-refractivity contribution in [1.82, 2.24) is 0 Å². The molecule has 0 aliphatic carbocycles. The molecule has 5 atom stereocenters. The summed E-state index contributed by atoms with van der Waals surface area (Å²) in [6, 6.07) is 9.04. The lowest BCUT2D eigenvalue weighted by Crippen LogP contribution is -2.35. The number of methoxy groups -OCH3 is 1. The smallest absolute Gasteiger partial charge is 0.338 e. The van der Waals surface area contributed by atoms with E-state index in [2.05, 4.69) is 0 Å². The molecule has 0 radical (unpaired) electrons. The predicted molar refractivity (Wildman–Crippen MR) is 81.5 cm³/mol. The lowest BCUT2D eigenvalue weighted by atomic mass is 10.1. The Morgan fingerprint density at radius 1 is 1.35 bits per heavy atom. The first-order valence-corrected chi connectivity index (χ1v) is 9.01. The zero-order valence-corrected chi connectivity index (χ0v) is 13.9. The minimum Gasteiger partial charge on any atom is -0.459 e. The summed E-state index contributed by atoms with van der Waals surface area (Å²) < 4.78 is 46.2. The van der Waals surface area contributed by atoms with Crippen LogP contribution in [0.1, 0.15) is 5.56 Å². The van der Waals surface area contributed by atoms with Gasteiger partial charge in [0.25, 0.3) is 0 Å². The van der Waals surface area contributed by atoms with Gasteiger partial charge in [0.15, 0.2) is 20.3 Å². The Balaban J connectivity index is 1.98. The maximum atomic E-state index is 14.4. The Hall–Kier alpha value is -1.27. The van der Waals surface area contributed by atoms with E-state index in [4.69, 9.17) is 18.7 Å². The molecule has 0 N–H and O–H groups in total. The van der Waals surface area contributed by atoms with E-state index in [1.165, 1.54) is 13.8 Å². The summed E-state index contributed by atoms with van der Waals surface area (Å²) in [6.07, 6.45) is -5.09. The molecule has 1 aliphatic rings. The van der Waals surface area contributed by atoms with E-state index in [-0.39, 0.29) is 13.2 Å². The van der Waals surface area contributed by atoms with Gasteiger partial charge in [0.2, 0.25) is 0 Å². The third-order valence-electron chi connectivity index (χ3n) is 3.38. The number of alkyl halides is 1. The lowest BCUT2D eigenvalue weighted by molar-refractivity contribution is -0.160. The Morgan fingerprint density at radius 2 is 2.04 bits per heavy atom. The van der Waals surface area contributed by atoms with Gasteiger partial charge in [-0.25, -0.2) is 9.18 Å². The minimum atomic E-state index is -2.38. The van der Waals surface area contributed by atoms with Crippen LogP contribution in [0.3, 0.4) is 0 Å². The number of esters is 1. The zero-order valence-electron chi connectivity index (χ0n) is 12.9. The van der Waals surface area contributed by atoms with Gasteiger partial charge in [-0.05, 0) is 5.56 Å². The van der Waals surface area contributed by atoms with Crippen LogP contribution in [0.4, 0.5) is 4.39 Å². The summed E-state index contributed by atoms with van der Waals surface area (Å²) >= 11 is 0. The van der Waals surface area contributed by atoms with Crippen LogP contribution in [0.25, 0.3) is 0 Å². The summed E-state index contributed by atoms with van der Waals surface area (Å²) in [7, 11) is -0.961. The van der Waals surface area contributed by atoms with E-state index >= 15 is 0 Å². The first kappa shape index (κ1) is 18.1. The molecule has 1 aromatic carbocycles. The average molecular weight is 346 g/mol. The Kier molecular flexibility index (Phi) is 6.72. The fraction of sp³-hybridized carbons (Fsp3) is 0.533. The molecule has 1 aromatic rings. The van der Waals surface area contributed by atoms with Gasteiger partial charge in [0.1, 0.15) is 18.8 Å². The van der Waals surface area contributed by atoms with Crippen molar-refractivity contribution in [3.63, 3.8) is 0 Å². The van der Waals surface area contributed by atoms with Gasteiger partial charge in [-0.3, -0.25) is 4.57 Å². The summed E-state index contributed by atoms with van der Waals surface area (Å²) in [4.78, 5) is 12.1. The van der Waals surface area contributed by atoms with Gasteiger partial charge in [-0.1, -0.05) is 30.3 Å². The van der Waals surface area contributed by atoms with Crippen molar-refractivity contribution >= 4 is 14.0 Å². The normalized spacial score (nSPS) is 28.5. The molecule has 1 saturated heterocycles. The highest BCUT2D eigenvalue weighted by Crippen LogP contribution is 2.33. The van der Waals surface area contributed by atoms with Crippen LogP contribution in [0.15, 0.2) is 30.3 Å². The largest absolute Gasteiger partial charge is 0.459 e. The van der Waals surface area contributed by atoms with Crippen molar-refractivity contribution in [3.05, 3.63) is 35.9 Å². The van der Waals surface area contributed by atoms with E-state index in [1.807, 2.05) is 18.2 Å². The topological polar surface area (TPSA) is 71.1 Å². The summed E-state index contributed by atoms with van der Waals surface area (Å²) in [5, 5.41) is 0. The number of carbonyl (C=O) groups excluding carboxylic acids is 1. The molecule has 1 fully saturated rings. The number of halogens is 1. The molecule has 128 valence electrons. The van der Waals surface area contributed by atoms with Gasteiger partial charge in [0.05, 0.1) is 6.61 Å².